The molecule has 0 fully saturated rings. The summed E-state index contributed by atoms with van der Waals surface area (Å²) in [6, 6.07) is 13.0. The third-order valence-electron chi connectivity index (χ3n) is 2.90. The maximum absolute atomic E-state index is 2.20. The third kappa shape index (κ3) is 1.76. The minimum atomic E-state index is 1.29. The Labute approximate surface area is 97.1 Å². The molecule has 0 saturated carbocycles. The highest BCUT2D eigenvalue weighted by atomic mass is 15.1. The SMILES string of the molecule is CN(C)c1cccc2cccc([NH+](C)C)c12. The fourth-order valence-electron chi connectivity index (χ4n) is 2.11. The highest BCUT2D eigenvalue weighted by Crippen LogP contribution is 2.29. The largest absolute Gasteiger partial charge is 0.377 e. The summed E-state index contributed by atoms with van der Waals surface area (Å²) in [6.45, 7) is 0. The van der Waals surface area contributed by atoms with Crippen LogP contribution in [0.1, 0.15) is 0 Å². The van der Waals surface area contributed by atoms with Gasteiger partial charge in [0.2, 0.25) is 0 Å². The Bertz CT molecular complexity index is 458. The number of quaternary nitrogens is 1. The maximum atomic E-state index is 2.20. The normalized spacial score (nSPS) is 11.1. The molecule has 0 aliphatic heterocycles. The second-order valence-electron chi connectivity index (χ2n) is 4.58. The molecule has 2 nitrogen and oxygen atoms in total. The maximum Gasteiger partial charge on any atom is 0.140 e. The van der Waals surface area contributed by atoms with Gasteiger partial charge in [0.05, 0.1) is 25.2 Å². The van der Waals surface area contributed by atoms with E-state index < -0.39 is 0 Å². The summed E-state index contributed by atoms with van der Waals surface area (Å²) in [6.07, 6.45) is 0. The number of nitrogens with zero attached hydrogens (tertiary/aromatic N) is 1. The fraction of sp³-hybridized carbons (Fsp3) is 0.286. The van der Waals surface area contributed by atoms with E-state index in [4.69, 9.17) is 0 Å². The van der Waals surface area contributed by atoms with Crippen LogP contribution in [-0.4, -0.2) is 28.2 Å². The number of hydrogen-bond donors (Lipinski definition) is 1. The Balaban J connectivity index is 2.82. The Morgan fingerprint density at radius 3 is 2.12 bits per heavy atom. The number of hydrogen-bond acceptors (Lipinski definition) is 1. The van der Waals surface area contributed by atoms with Crippen molar-refractivity contribution < 1.29 is 4.90 Å². The lowest BCUT2D eigenvalue weighted by Gasteiger charge is -2.18. The van der Waals surface area contributed by atoms with E-state index in [1.54, 1.807) is 0 Å². The first kappa shape index (κ1) is 11.0. The molecule has 0 atom stereocenters. The van der Waals surface area contributed by atoms with Crippen LogP contribution in [0.4, 0.5) is 11.4 Å². The summed E-state index contributed by atoms with van der Waals surface area (Å²) < 4.78 is 0. The molecule has 0 amide bonds. The molecule has 0 bridgehead atoms. The molecule has 16 heavy (non-hydrogen) atoms. The molecule has 0 unspecified atom stereocenters. The van der Waals surface area contributed by atoms with Crippen LogP contribution in [0.5, 0.6) is 0 Å². The van der Waals surface area contributed by atoms with E-state index >= 15 is 0 Å². The lowest BCUT2D eigenvalue weighted by Crippen LogP contribution is -3.00. The minimum absolute atomic E-state index is 1.29. The Morgan fingerprint density at radius 1 is 0.938 bits per heavy atom. The molecular weight excluding hydrogens is 196 g/mol. The van der Waals surface area contributed by atoms with Crippen LogP contribution >= 0.6 is 0 Å². The molecule has 2 heteroatoms. The zero-order valence-electron chi connectivity index (χ0n) is 10.4. The van der Waals surface area contributed by atoms with Gasteiger partial charge in [-0.15, -0.1) is 0 Å². The van der Waals surface area contributed by atoms with Crippen molar-refractivity contribution in [2.45, 2.75) is 0 Å². The highest BCUT2D eigenvalue weighted by molar-refractivity contribution is 6.00. The Hall–Kier alpha value is -1.54. The van der Waals surface area contributed by atoms with Crippen LogP contribution in [0.2, 0.25) is 0 Å². The van der Waals surface area contributed by atoms with Gasteiger partial charge in [0.1, 0.15) is 5.69 Å². The summed E-state index contributed by atoms with van der Waals surface area (Å²) >= 11 is 0. The van der Waals surface area contributed by atoms with Gasteiger partial charge in [-0.1, -0.05) is 24.3 Å². The number of anilines is 1. The van der Waals surface area contributed by atoms with Gasteiger partial charge in [0, 0.05) is 14.1 Å². The van der Waals surface area contributed by atoms with Gasteiger partial charge >= 0.3 is 0 Å². The highest BCUT2D eigenvalue weighted by Gasteiger charge is 2.11. The summed E-state index contributed by atoms with van der Waals surface area (Å²) in [5.41, 5.74) is 2.64. The van der Waals surface area contributed by atoms with Crippen molar-refractivity contribution in [3.05, 3.63) is 36.4 Å². The molecular formula is C14H19N2+. The molecule has 0 radical (unpaired) electrons. The second kappa shape index (κ2) is 4.14. The summed E-state index contributed by atoms with van der Waals surface area (Å²) in [5.74, 6) is 0. The number of benzene rings is 2. The fourth-order valence-corrected chi connectivity index (χ4v) is 2.11. The van der Waals surface area contributed by atoms with E-state index in [-0.39, 0.29) is 0 Å². The molecule has 0 heterocycles. The van der Waals surface area contributed by atoms with Crippen molar-refractivity contribution >= 4 is 22.1 Å². The van der Waals surface area contributed by atoms with Gasteiger partial charge in [0.25, 0.3) is 0 Å². The van der Waals surface area contributed by atoms with E-state index in [0.717, 1.165) is 0 Å². The summed E-state index contributed by atoms with van der Waals surface area (Å²) in [5, 5.41) is 2.67. The number of fused-ring (bicyclic) bond motifs is 1. The lowest BCUT2D eigenvalue weighted by molar-refractivity contribution is -0.785. The molecule has 84 valence electrons. The van der Waals surface area contributed by atoms with E-state index in [1.807, 2.05) is 0 Å². The van der Waals surface area contributed by atoms with Crippen molar-refractivity contribution in [3.63, 3.8) is 0 Å². The molecule has 2 rings (SSSR count). The van der Waals surface area contributed by atoms with Gasteiger partial charge in [-0.05, 0) is 17.5 Å². The molecule has 0 aromatic heterocycles. The monoisotopic (exact) mass is 215 g/mol. The van der Waals surface area contributed by atoms with Gasteiger partial charge in [-0.2, -0.15) is 0 Å². The average Bonchev–Trinajstić information content (AvgIpc) is 2.27. The van der Waals surface area contributed by atoms with E-state index in [1.165, 1.54) is 27.0 Å². The van der Waals surface area contributed by atoms with Crippen molar-refractivity contribution in [1.82, 2.24) is 0 Å². The first-order valence-electron chi connectivity index (χ1n) is 5.61. The van der Waals surface area contributed by atoms with Crippen LogP contribution in [0, 0.1) is 0 Å². The summed E-state index contributed by atoms with van der Waals surface area (Å²) in [7, 11) is 8.52. The predicted molar refractivity (Wildman–Crippen MR) is 70.7 cm³/mol. The number of nitrogens with one attached hydrogen (secondary N) is 1. The van der Waals surface area contributed by atoms with Crippen molar-refractivity contribution in [1.29, 1.82) is 0 Å². The lowest BCUT2D eigenvalue weighted by atomic mass is 10.1. The number of rotatable bonds is 2. The van der Waals surface area contributed by atoms with Crippen LogP contribution in [0.15, 0.2) is 36.4 Å². The van der Waals surface area contributed by atoms with Crippen LogP contribution < -0.4 is 9.80 Å². The third-order valence-corrected chi connectivity index (χ3v) is 2.90. The molecule has 0 aliphatic carbocycles. The Morgan fingerprint density at radius 2 is 1.56 bits per heavy atom. The molecule has 0 spiro atoms. The zero-order chi connectivity index (χ0) is 11.7. The van der Waals surface area contributed by atoms with E-state index in [9.17, 15) is 0 Å². The second-order valence-corrected chi connectivity index (χ2v) is 4.58. The van der Waals surface area contributed by atoms with Crippen LogP contribution in [0.3, 0.4) is 0 Å². The quantitative estimate of drug-likeness (QED) is 0.801. The molecule has 2 aromatic carbocycles. The minimum Gasteiger partial charge on any atom is -0.377 e. The molecule has 0 saturated heterocycles. The standard InChI is InChI=1S/C14H18N2/c1-15(2)12-9-5-7-11-8-6-10-13(14(11)12)16(3)4/h5-10H,1-4H3/p+1. The predicted octanol–water partition coefficient (Wildman–Crippen LogP) is 1.68. The molecule has 2 aromatic rings. The zero-order valence-corrected chi connectivity index (χ0v) is 10.4. The average molecular weight is 215 g/mol. The van der Waals surface area contributed by atoms with Gasteiger partial charge in [-0.25, -0.2) is 0 Å². The van der Waals surface area contributed by atoms with Gasteiger partial charge in [0.15, 0.2) is 0 Å². The molecule has 0 aliphatic rings. The smallest absolute Gasteiger partial charge is 0.140 e. The van der Waals surface area contributed by atoms with Crippen molar-refractivity contribution in [3.8, 4) is 0 Å². The van der Waals surface area contributed by atoms with Crippen molar-refractivity contribution in [2.24, 2.45) is 0 Å². The van der Waals surface area contributed by atoms with Gasteiger partial charge in [-0.3, -0.25) is 0 Å². The topological polar surface area (TPSA) is 7.68 Å². The van der Waals surface area contributed by atoms with Crippen LogP contribution in [-0.2, 0) is 0 Å². The first-order valence-corrected chi connectivity index (χ1v) is 5.61. The van der Waals surface area contributed by atoms with E-state index in [2.05, 4.69) is 69.5 Å². The van der Waals surface area contributed by atoms with Crippen molar-refractivity contribution in [2.75, 3.05) is 33.1 Å². The molecule has 1 N–H and O–H groups in total. The van der Waals surface area contributed by atoms with E-state index in [0.29, 0.717) is 0 Å². The summed E-state index contributed by atoms with van der Waals surface area (Å²) in [4.78, 5) is 3.54. The first-order chi connectivity index (χ1) is 7.61. The van der Waals surface area contributed by atoms with Crippen LogP contribution in [0.25, 0.3) is 10.8 Å². The Kier molecular flexibility index (Phi) is 2.84. The van der Waals surface area contributed by atoms with Gasteiger partial charge < -0.3 is 9.80 Å².